The third-order valence-corrected chi connectivity index (χ3v) is 2.90. The number of cyclic esters (lactones) is 1. The van der Waals surface area contributed by atoms with Gasteiger partial charge in [0.25, 0.3) is 0 Å². The van der Waals surface area contributed by atoms with Gasteiger partial charge in [0.05, 0.1) is 0 Å². The number of ether oxygens (including phenoxy) is 1. The average molecular weight is 253 g/mol. The molecular weight excluding hydrogens is 242 g/mol. The van der Waals surface area contributed by atoms with Crippen LogP contribution in [0.3, 0.4) is 0 Å². The molecule has 1 N–H and O–H groups in total. The van der Waals surface area contributed by atoms with Gasteiger partial charge in [-0.1, -0.05) is 30.3 Å². The Morgan fingerprint density at radius 1 is 1.00 bits per heavy atom. The third-order valence-electron chi connectivity index (χ3n) is 2.90. The maximum absolute atomic E-state index is 11.8. The van der Waals surface area contributed by atoms with Crippen LogP contribution in [0, 0.1) is 0 Å². The van der Waals surface area contributed by atoms with Crippen LogP contribution in [0.4, 0.5) is 0 Å². The summed E-state index contributed by atoms with van der Waals surface area (Å²) in [6.45, 7) is 0. The van der Waals surface area contributed by atoms with E-state index in [4.69, 9.17) is 4.74 Å². The van der Waals surface area contributed by atoms with Gasteiger partial charge in [0.1, 0.15) is 5.75 Å². The monoisotopic (exact) mass is 253 g/mol. The van der Waals surface area contributed by atoms with Crippen molar-refractivity contribution in [2.45, 2.75) is 6.04 Å². The van der Waals surface area contributed by atoms with Crippen molar-refractivity contribution in [3.63, 3.8) is 0 Å². The third kappa shape index (κ3) is 2.20. The number of phenols is 1. The van der Waals surface area contributed by atoms with Gasteiger partial charge in [-0.2, -0.15) is 0 Å². The number of hydrogen-bond acceptors (Lipinski definition) is 4. The van der Waals surface area contributed by atoms with E-state index in [9.17, 15) is 9.90 Å². The van der Waals surface area contributed by atoms with Crippen molar-refractivity contribution in [2.24, 2.45) is 4.99 Å². The van der Waals surface area contributed by atoms with Crippen molar-refractivity contribution in [1.82, 2.24) is 0 Å². The molecule has 0 aromatic heterocycles. The van der Waals surface area contributed by atoms with E-state index in [1.807, 2.05) is 30.3 Å². The number of nitrogens with zero attached hydrogens (tertiary/aromatic N) is 1. The minimum Gasteiger partial charge on any atom is -0.508 e. The Balaban J connectivity index is 1.93. The maximum atomic E-state index is 11.8. The number of aliphatic imine (C=N–C) groups is 1. The van der Waals surface area contributed by atoms with Gasteiger partial charge in [0.2, 0.25) is 5.90 Å². The molecule has 0 bridgehead atoms. The Kier molecular flexibility index (Phi) is 2.76. The van der Waals surface area contributed by atoms with Crippen LogP contribution in [0.5, 0.6) is 5.75 Å². The number of esters is 1. The molecule has 0 amide bonds. The van der Waals surface area contributed by atoms with Crippen molar-refractivity contribution in [2.75, 3.05) is 0 Å². The van der Waals surface area contributed by atoms with Crippen LogP contribution >= 0.6 is 0 Å². The molecule has 4 heteroatoms. The lowest BCUT2D eigenvalue weighted by atomic mass is 10.1. The molecule has 0 saturated heterocycles. The molecule has 2 aromatic rings. The Bertz CT molecular complexity index is 632. The van der Waals surface area contributed by atoms with E-state index in [0.29, 0.717) is 11.5 Å². The summed E-state index contributed by atoms with van der Waals surface area (Å²) >= 11 is 0. The molecule has 1 aliphatic heterocycles. The van der Waals surface area contributed by atoms with Crippen LogP contribution in [-0.4, -0.2) is 17.0 Å². The Hall–Kier alpha value is -2.62. The standard InChI is InChI=1S/C15H11NO3/c17-12-8-6-10(7-9-12)13-15(18)19-14(16-13)11-4-2-1-3-5-11/h1-9,13,17H. The summed E-state index contributed by atoms with van der Waals surface area (Å²) in [4.78, 5) is 16.1. The Morgan fingerprint density at radius 2 is 1.68 bits per heavy atom. The summed E-state index contributed by atoms with van der Waals surface area (Å²) in [7, 11) is 0. The van der Waals surface area contributed by atoms with E-state index in [1.165, 1.54) is 12.1 Å². The first-order valence-corrected chi connectivity index (χ1v) is 5.88. The zero-order valence-corrected chi connectivity index (χ0v) is 9.98. The molecule has 0 fully saturated rings. The summed E-state index contributed by atoms with van der Waals surface area (Å²) in [5.74, 6) is 0.0931. The van der Waals surface area contributed by atoms with Gasteiger partial charge in [-0.05, 0) is 29.8 Å². The fraction of sp³-hybridized carbons (Fsp3) is 0.0667. The minimum absolute atomic E-state index is 0.155. The Morgan fingerprint density at radius 3 is 2.37 bits per heavy atom. The predicted molar refractivity (Wildman–Crippen MR) is 69.9 cm³/mol. The molecule has 1 heterocycles. The number of rotatable bonds is 2. The molecule has 1 unspecified atom stereocenters. The van der Waals surface area contributed by atoms with E-state index in [1.54, 1.807) is 12.1 Å². The zero-order valence-electron chi connectivity index (χ0n) is 9.98. The van der Waals surface area contributed by atoms with Crippen LogP contribution in [0.1, 0.15) is 17.2 Å². The lowest BCUT2D eigenvalue weighted by Crippen LogP contribution is -2.08. The number of carbonyl (C=O) groups excluding carboxylic acids is 1. The van der Waals surface area contributed by atoms with Crippen molar-refractivity contribution < 1.29 is 14.6 Å². The van der Waals surface area contributed by atoms with Crippen molar-refractivity contribution in [1.29, 1.82) is 0 Å². The highest BCUT2D eigenvalue weighted by molar-refractivity contribution is 6.06. The van der Waals surface area contributed by atoms with Crippen molar-refractivity contribution in [3.8, 4) is 5.75 Å². The maximum Gasteiger partial charge on any atom is 0.342 e. The quantitative estimate of drug-likeness (QED) is 0.836. The summed E-state index contributed by atoms with van der Waals surface area (Å²) in [5, 5.41) is 9.24. The van der Waals surface area contributed by atoms with Crippen molar-refractivity contribution in [3.05, 3.63) is 65.7 Å². The molecule has 3 rings (SSSR count). The summed E-state index contributed by atoms with van der Waals surface area (Å²) in [6.07, 6.45) is 0. The second kappa shape index (κ2) is 4.57. The molecule has 0 radical (unpaired) electrons. The lowest BCUT2D eigenvalue weighted by molar-refractivity contribution is -0.135. The summed E-state index contributed by atoms with van der Waals surface area (Å²) in [5.41, 5.74) is 1.48. The fourth-order valence-electron chi connectivity index (χ4n) is 1.93. The van der Waals surface area contributed by atoms with Gasteiger partial charge in [-0.15, -0.1) is 0 Å². The second-order valence-corrected chi connectivity index (χ2v) is 4.22. The summed E-state index contributed by atoms with van der Waals surface area (Å²) < 4.78 is 5.19. The first kappa shape index (κ1) is 11.5. The van der Waals surface area contributed by atoms with Gasteiger partial charge in [-0.3, -0.25) is 0 Å². The average Bonchev–Trinajstić information content (AvgIpc) is 2.83. The van der Waals surface area contributed by atoms with E-state index in [-0.39, 0.29) is 5.75 Å². The number of benzene rings is 2. The summed E-state index contributed by atoms with van der Waals surface area (Å²) in [6, 6.07) is 15.0. The highest BCUT2D eigenvalue weighted by atomic mass is 16.6. The highest BCUT2D eigenvalue weighted by Crippen LogP contribution is 2.27. The van der Waals surface area contributed by atoms with E-state index in [0.717, 1.165) is 5.56 Å². The van der Waals surface area contributed by atoms with Gasteiger partial charge >= 0.3 is 5.97 Å². The van der Waals surface area contributed by atoms with E-state index in [2.05, 4.69) is 4.99 Å². The second-order valence-electron chi connectivity index (χ2n) is 4.22. The molecule has 1 atom stereocenters. The molecule has 4 nitrogen and oxygen atoms in total. The molecule has 0 spiro atoms. The van der Waals surface area contributed by atoms with Crippen LogP contribution in [0.25, 0.3) is 0 Å². The van der Waals surface area contributed by atoms with E-state index >= 15 is 0 Å². The van der Waals surface area contributed by atoms with Gasteiger partial charge in [-0.25, -0.2) is 9.79 Å². The van der Waals surface area contributed by atoms with Crippen LogP contribution < -0.4 is 0 Å². The topological polar surface area (TPSA) is 58.9 Å². The molecule has 2 aromatic carbocycles. The van der Waals surface area contributed by atoms with Gasteiger partial charge in [0.15, 0.2) is 6.04 Å². The minimum atomic E-state index is -0.657. The smallest absolute Gasteiger partial charge is 0.342 e. The number of phenolic OH excluding ortho intramolecular Hbond substituents is 1. The Labute approximate surface area is 110 Å². The van der Waals surface area contributed by atoms with Crippen molar-refractivity contribution >= 4 is 11.9 Å². The van der Waals surface area contributed by atoms with Crippen LogP contribution in [0.2, 0.25) is 0 Å². The van der Waals surface area contributed by atoms with Gasteiger partial charge in [0, 0.05) is 5.56 Å². The molecular formula is C15H11NO3. The highest BCUT2D eigenvalue weighted by Gasteiger charge is 2.30. The van der Waals surface area contributed by atoms with Gasteiger partial charge < -0.3 is 9.84 Å². The molecule has 1 aliphatic rings. The molecule has 0 aliphatic carbocycles. The number of aromatic hydroxyl groups is 1. The first-order valence-electron chi connectivity index (χ1n) is 5.88. The van der Waals surface area contributed by atoms with E-state index < -0.39 is 12.0 Å². The normalized spacial score (nSPS) is 18.0. The zero-order chi connectivity index (χ0) is 13.2. The van der Waals surface area contributed by atoms with Crippen LogP contribution in [0.15, 0.2) is 59.6 Å². The molecule has 19 heavy (non-hydrogen) atoms. The molecule has 94 valence electrons. The number of carbonyl (C=O) groups is 1. The number of hydrogen-bond donors (Lipinski definition) is 1. The molecule has 0 saturated carbocycles. The first-order chi connectivity index (χ1) is 9.24. The fourth-order valence-corrected chi connectivity index (χ4v) is 1.93. The largest absolute Gasteiger partial charge is 0.508 e. The van der Waals surface area contributed by atoms with Crippen LogP contribution in [-0.2, 0) is 9.53 Å². The SMILES string of the molecule is O=C1OC(c2ccccc2)=NC1c1ccc(O)cc1. The lowest BCUT2D eigenvalue weighted by Gasteiger charge is -2.02. The predicted octanol–water partition coefficient (Wildman–Crippen LogP) is 2.44.